The second-order valence-corrected chi connectivity index (χ2v) is 4.50. The highest BCUT2D eigenvalue weighted by Crippen LogP contribution is 2.08. The van der Waals surface area contributed by atoms with Crippen molar-refractivity contribution in [2.75, 3.05) is 6.54 Å². The van der Waals surface area contributed by atoms with Crippen LogP contribution in [0.3, 0.4) is 0 Å². The second-order valence-electron chi connectivity index (χ2n) is 4.50. The van der Waals surface area contributed by atoms with Crippen molar-refractivity contribution in [3.05, 3.63) is 17.5 Å². The van der Waals surface area contributed by atoms with Gasteiger partial charge in [0.2, 0.25) is 5.91 Å². The van der Waals surface area contributed by atoms with Crippen LogP contribution in [0.5, 0.6) is 0 Å². The Balaban J connectivity index is 1.79. The highest BCUT2D eigenvalue weighted by Gasteiger charge is 2.19. The molecular formula is C12H19N3O2. The van der Waals surface area contributed by atoms with Gasteiger partial charge in [-0.1, -0.05) is 18.0 Å². The molecule has 1 unspecified atom stereocenters. The van der Waals surface area contributed by atoms with Gasteiger partial charge in [0.15, 0.2) is 0 Å². The molecule has 5 nitrogen and oxygen atoms in total. The number of carbonyl (C=O) groups excluding carboxylic acids is 1. The SMILES string of the molecule is Cc1cc(CNC(=O)C2CCCCCN2)no1. The number of aryl methyl sites for hydroxylation is 1. The maximum atomic E-state index is 11.9. The molecule has 2 N–H and O–H groups in total. The lowest BCUT2D eigenvalue weighted by Crippen LogP contribution is -2.43. The predicted molar refractivity (Wildman–Crippen MR) is 63.3 cm³/mol. The third-order valence-electron chi connectivity index (χ3n) is 3.00. The van der Waals surface area contributed by atoms with Gasteiger partial charge in [-0.3, -0.25) is 4.79 Å². The molecule has 1 aromatic rings. The second kappa shape index (κ2) is 5.82. The van der Waals surface area contributed by atoms with Crippen molar-refractivity contribution in [1.82, 2.24) is 15.8 Å². The molecule has 0 aliphatic carbocycles. The van der Waals surface area contributed by atoms with E-state index in [4.69, 9.17) is 4.52 Å². The van der Waals surface area contributed by atoms with E-state index in [1.807, 2.05) is 13.0 Å². The van der Waals surface area contributed by atoms with Gasteiger partial charge < -0.3 is 15.2 Å². The van der Waals surface area contributed by atoms with E-state index < -0.39 is 0 Å². The fraction of sp³-hybridized carbons (Fsp3) is 0.667. The summed E-state index contributed by atoms with van der Waals surface area (Å²) in [5.74, 6) is 0.828. The van der Waals surface area contributed by atoms with Crippen LogP contribution < -0.4 is 10.6 Å². The van der Waals surface area contributed by atoms with Crippen molar-refractivity contribution in [1.29, 1.82) is 0 Å². The van der Waals surface area contributed by atoms with E-state index in [9.17, 15) is 4.79 Å². The quantitative estimate of drug-likeness (QED) is 0.827. The van der Waals surface area contributed by atoms with E-state index in [1.54, 1.807) is 0 Å². The highest BCUT2D eigenvalue weighted by molar-refractivity contribution is 5.81. The van der Waals surface area contributed by atoms with E-state index in [0.717, 1.165) is 37.3 Å². The average molecular weight is 237 g/mol. The minimum Gasteiger partial charge on any atom is -0.361 e. The van der Waals surface area contributed by atoms with Gasteiger partial charge in [-0.25, -0.2) is 0 Å². The summed E-state index contributed by atoms with van der Waals surface area (Å²) < 4.78 is 4.95. The van der Waals surface area contributed by atoms with E-state index >= 15 is 0 Å². The maximum absolute atomic E-state index is 11.9. The fourth-order valence-electron chi connectivity index (χ4n) is 2.05. The Bertz CT molecular complexity index is 368. The minimum absolute atomic E-state index is 0.0505. The van der Waals surface area contributed by atoms with Crippen molar-refractivity contribution < 1.29 is 9.32 Å². The summed E-state index contributed by atoms with van der Waals surface area (Å²) in [6.07, 6.45) is 4.41. The molecule has 0 aromatic carbocycles. The maximum Gasteiger partial charge on any atom is 0.237 e. The Labute approximate surface area is 101 Å². The lowest BCUT2D eigenvalue weighted by molar-refractivity contribution is -0.123. The standard InChI is InChI=1S/C12H19N3O2/c1-9-7-10(15-17-9)8-14-12(16)11-5-3-2-4-6-13-11/h7,11,13H,2-6,8H2,1H3,(H,14,16). The summed E-state index contributed by atoms with van der Waals surface area (Å²) in [6, 6.07) is 1.78. The first kappa shape index (κ1) is 12.1. The van der Waals surface area contributed by atoms with Crippen LogP contribution in [0.1, 0.15) is 37.1 Å². The molecule has 1 atom stereocenters. The van der Waals surface area contributed by atoms with Crippen LogP contribution in [0.4, 0.5) is 0 Å². The van der Waals surface area contributed by atoms with Crippen LogP contribution in [-0.4, -0.2) is 23.7 Å². The van der Waals surface area contributed by atoms with Gasteiger partial charge in [0, 0.05) is 6.07 Å². The predicted octanol–water partition coefficient (Wildman–Crippen LogP) is 1.13. The summed E-state index contributed by atoms with van der Waals surface area (Å²) >= 11 is 0. The Kier molecular flexibility index (Phi) is 4.14. The summed E-state index contributed by atoms with van der Waals surface area (Å²) in [5.41, 5.74) is 0.768. The number of carbonyl (C=O) groups is 1. The van der Waals surface area contributed by atoms with Crippen LogP contribution in [0.15, 0.2) is 10.6 Å². The van der Waals surface area contributed by atoms with Crippen LogP contribution in [0.25, 0.3) is 0 Å². The smallest absolute Gasteiger partial charge is 0.237 e. The first-order chi connectivity index (χ1) is 8.25. The zero-order valence-electron chi connectivity index (χ0n) is 10.2. The molecule has 1 aliphatic rings. The number of nitrogens with zero attached hydrogens (tertiary/aromatic N) is 1. The molecule has 0 spiro atoms. The van der Waals surface area contributed by atoms with Crippen molar-refractivity contribution >= 4 is 5.91 Å². The summed E-state index contributed by atoms with van der Waals surface area (Å²) in [7, 11) is 0. The third kappa shape index (κ3) is 3.56. The molecule has 17 heavy (non-hydrogen) atoms. The molecule has 1 amide bonds. The van der Waals surface area contributed by atoms with Gasteiger partial charge in [-0.15, -0.1) is 0 Å². The van der Waals surface area contributed by atoms with Gasteiger partial charge in [0.25, 0.3) is 0 Å². The van der Waals surface area contributed by atoms with Crippen LogP contribution >= 0.6 is 0 Å². The third-order valence-corrected chi connectivity index (χ3v) is 3.00. The van der Waals surface area contributed by atoms with Crippen molar-refractivity contribution in [3.8, 4) is 0 Å². The fourth-order valence-corrected chi connectivity index (χ4v) is 2.05. The zero-order valence-corrected chi connectivity index (χ0v) is 10.2. The van der Waals surface area contributed by atoms with Gasteiger partial charge in [-0.05, 0) is 26.3 Å². The molecule has 0 saturated carbocycles. The molecule has 0 bridgehead atoms. The number of amides is 1. The topological polar surface area (TPSA) is 67.2 Å². The van der Waals surface area contributed by atoms with E-state index in [1.165, 1.54) is 6.42 Å². The summed E-state index contributed by atoms with van der Waals surface area (Å²) in [4.78, 5) is 11.9. The lowest BCUT2D eigenvalue weighted by Gasteiger charge is -2.14. The van der Waals surface area contributed by atoms with Crippen LogP contribution in [0, 0.1) is 6.92 Å². The Morgan fingerprint density at radius 1 is 1.59 bits per heavy atom. The van der Waals surface area contributed by atoms with E-state index in [-0.39, 0.29) is 11.9 Å². The summed E-state index contributed by atoms with van der Waals surface area (Å²) in [6.45, 7) is 3.21. The number of rotatable bonds is 3. The lowest BCUT2D eigenvalue weighted by atomic mass is 10.1. The Morgan fingerprint density at radius 2 is 2.47 bits per heavy atom. The summed E-state index contributed by atoms with van der Waals surface area (Å²) in [5, 5.41) is 9.99. The number of hydrogen-bond donors (Lipinski definition) is 2. The molecule has 1 fully saturated rings. The molecule has 1 saturated heterocycles. The number of hydrogen-bond acceptors (Lipinski definition) is 4. The monoisotopic (exact) mass is 237 g/mol. The molecule has 2 heterocycles. The first-order valence-electron chi connectivity index (χ1n) is 6.19. The first-order valence-corrected chi connectivity index (χ1v) is 6.19. The van der Waals surface area contributed by atoms with Crippen molar-refractivity contribution in [2.24, 2.45) is 0 Å². The molecular weight excluding hydrogens is 218 g/mol. The number of aromatic nitrogens is 1. The van der Waals surface area contributed by atoms with Crippen molar-refractivity contribution in [2.45, 2.75) is 45.2 Å². The highest BCUT2D eigenvalue weighted by atomic mass is 16.5. The molecule has 5 heteroatoms. The van der Waals surface area contributed by atoms with Crippen molar-refractivity contribution in [3.63, 3.8) is 0 Å². The normalized spacial score (nSPS) is 20.9. The molecule has 1 aromatic heterocycles. The van der Waals surface area contributed by atoms with Gasteiger partial charge in [0.1, 0.15) is 11.5 Å². The Hall–Kier alpha value is -1.36. The minimum atomic E-state index is -0.0505. The van der Waals surface area contributed by atoms with Gasteiger partial charge in [-0.2, -0.15) is 0 Å². The van der Waals surface area contributed by atoms with Gasteiger partial charge >= 0.3 is 0 Å². The molecule has 1 aliphatic heterocycles. The van der Waals surface area contributed by atoms with Crippen LogP contribution in [-0.2, 0) is 11.3 Å². The Morgan fingerprint density at radius 3 is 3.24 bits per heavy atom. The average Bonchev–Trinajstić information content (AvgIpc) is 2.58. The molecule has 94 valence electrons. The zero-order chi connectivity index (χ0) is 12.1. The van der Waals surface area contributed by atoms with Gasteiger partial charge in [0.05, 0.1) is 12.6 Å². The number of nitrogens with one attached hydrogen (secondary N) is 2. The van der Waals surface area contributed by atoms with Crippen LogP contribution in [0.2, 0.25) is 0 Å². The molecule has 0 radical (unpaired) electrons. The largest absolute Gasteiger partial charge is 0.361 e. The molecule has 2 rings (SSSR count). The van der Waals surface area contributed by atoms with E-state index in [2.05, 4.69) is 15.8 Å². The van der Waals surface area contributed by atoms with E-state index in [0.29, 0.717) is 6.54 Å².